The van der Waals surface area contributed by atoms with Gasteiger partial charge >= 0.3 is 11.8 Å². The van der Waals surface area contributed by atoms with Gasteiger partial charge in [0.05, 0.1) is 17.0 Å². The summed E-state index contributed by atoms with van der Waals surface area (Å²) in [5, 5.41) is 0. The highest BCUT2D eigenvalue weighted by molar-refractivity contribution is 7.92. The first kappa shape index (κ1) is 16.2. The Morgan fingerprint density at radius 2 is 1.85 bits per heavy atom. The van der Waals surface area contributed by atoms with Gasteiger partial charge in [0.25, 0.3) is 10.0 Å². The van der Waals surface area contributed by atoms with Gasteiger partial charge in [-0.15, -0.1) is 0 Å². The van der Waals surface area contributed by atoms with Crippen molar-refractivity contribution in [3.05, 3.63) is 53.0 Å². The number of amides is 1. The number of hydrogen-bond donors (Lipinski definition) is 2. The van der Waals surface area contributed by atoms with Crippen LogP contribution in [0.5, 0.6) is 0 Å². The van der Waals surface area contributed by atoms with Crippen LogP contribution in [0.3, 0.4) is 0 Å². The van der Waals surface area contributed by atoms with Gasteiger partial charge in [0.15, 0.2) is 5.58 Å². The number of hydrogen-bond acceptors (Lipinski definition) is 6. The lowest BCUT2D eigenvalue weighted by Crippen LogP contribution is -2.23. The molecule has 9 nitrogen and oxygen atoms in total. The Morgan fingerprint density at radius 1 is 1.08 bits per heavy atom. The first-order valence-corrected chi connectivity index (χ1v) is 9.11. The molecule has 1 fully saturated rings. The Morgan fingerprint density at radius 3 is 2.54 bits per heavy atom. The highest BCUT2D eigenvalue weighted by Crippen LogP contribution is 2.24. The largest absolute Gasteiger partial charge is 0.447 e. The van der Waals surface area contributed by atoms with Gasteiger partial charge in [-0.05, 0) is 36.4 Å². The number of oxazole rings is 1. The molecule has 4 rings (SSSR count). The fourth-order valence-electron chi connectivity index (χ4n) is 2.64. The Labute approximate surface area is 147 Å². The van der Waals surface area contributed by atoms with Crippen LogP contribution in [0, 0.1) is 0 Å². The third kappa shape index (κ3) is 2.90. The minimum atomic E-state index is -3.87. The molecule has 134 valence electrons. The number of nitrogens with one attached hydrogen (secondary N) is 2. The van der Waals surface area contributed by atoms with E-state index in [1.165, 1.54) is 23.1 Å². The molecule has 0 spiro atoms. The van der Waals surface area contributed by atoms with Crippen molar-refractivity contribution in [3.8, 4) is 0 Å². The van der Waals surface area contributed by atoms with E-state index >= 15 is 0 Å². The number of anilines is 2. The molecule has 2 heterocycles. The average molecular weight is 375 g/mol. The summed E-state index contributed by atoms with van der Waals surface area (Å²) in [5.41, 5.74) is 1.51. The van der Waals surface area contributed by atoms with Crippen LogP contribution in [0.1, 0.15) is 0 Å². The molecule has 1 saturated heterocycles. The SMILES string of the molecule is O=C1OCCN1c1ccc(NS(=O)(=O)c2ccc3[nH]c(=O)oc3c2)cc1. The van der Waals surface area contributed by atoms with Gasteiger partial charge in [0, 0.05) is 17.4 Å². The van der Waals surface area contributed by atoms with Gasteiger partial charge < -0.3 is 9.15 Å². The van der Waals surface area contributed by atoms with Gasteiger partial charge in [0.1, 0.15) is 6.61 Å². The maximum atomic E-state index is 12.5. The van der Waals surface area contributed by atoms with Crippen molar-refractivity contribution in [2.75, 3.05) is 22.8 Å². The number of aromatic amines is 1. The molecule has 0 atom stereocenters. The third-order valence-corrected chi connectivity index (χ3v) is 5.27. The number of ether oxygens (including phenoxy) is 1. The summed E-state index contributed by atoms with van der Waals surface area (Å²) < 4.78 is 37.2. The minimum absolute atomic E-state index is 0.0417. The fourth-order valence-corrected chi connectivity index (χ4v) is 3.72. The Balaban J connectivity index is 1.58. The summed E-state index contributed by atoms with van der Waals surface area (Å²) >= 11 is 0. The summed E-state index contributed by atoms with van der Waals surface area (Å²) in [4.78, 5) is 26.6. The number of carbonyl (C=O) groups is 1. The molecule has 2 aromatic carbocycles. The van der Waals surface area contributed by atoms with Crippen molar-refractivity contribution >= 4 is 38.6 Å². The van der Waals surface area contributed by atoms with Gasteiger partial charge in [0.2, 0.25) is 0 Å². The highest BCUT2D eigenvalue weighted by Gasteiger charge is 2.23. The van der Waals surface area contributed by atoms with Crippen molar-refractivity contribution < 1.29 is 22.4 Å². The predicted molar refractivity (Wildman–Crippen MR) is 92.8 cm³/mol. The summed E-state index contributed by atoms with van der Waals surface area (Å²) in [6.45, 7) is 0.775. The van der Waals surface area contributed by atoms with Gasteiger partial charge in [-0.3, -0.25) is 14.6 Å². The van der Waals surface area contributed by atoms with Gasteiger partial charge in [-0.25, -0.2) is 18.0 Å². The Bertz CT molecular complexity index is 1150. The zero-order valence-electron chi connectivity index (χ0n) is 13.3. The summed E-state index contributed by atoms with van der Waals surface area (Å²) in [6.07, 6.45) is -0.431. The molecule has 10 heteroatoms. The van der Waals surface area contributed by atoms with Crippen LogP contribution in [0.4, 0.5) is 16.2 Å². The molecular formula is C16H13N3O6S. The number of carbonyl (C=O) groups excluding carboxylic acids is 1. The zero-order valence-corrected chi connectivity index (χ0v) is 14.1. The van der Waals surface area contributed by atoms with Crippen LogP contribution in [-0.4, -0.2) is 32.6 Å². The van der Waals surface area contributed by atoms with E-state index in [0.717, 1.165) is 0 Å². The number of sulfonamides is 1. The molecule has 0 aliphatic carbocycles. The molecular weight excluding hydrogens is 362 g/mol. The number of H-pyrrole nitrogens is 1. The monoisotopic (exact) mass is 375 g/mol. The second-order valence-electron chi connectivity index (χ2n) is 5.59. The molecule has 0 unspecified atom stereocenters. The maximum absolute atomic E-state index is 12.5. The smallest absolute Gasteiger partial charge is 0.417 e. The number of rotatable bonds is 4. The molecule has 3 aromatic rings. The number of aromatic nitrogens is 1. The van der Waals surface area contributed by atoms with E-state index in [4.69, 9.17) is 9.15 Å². The van der Waals surface area contributed by atoms with E-state index in [-0.39, 0.29) is 10.5 Å². The summed E-state index contributed by atoms with van der Waals surface area (Å²) in [5.74, 6) is -0.654. The summed E-state index contributed by atoms with van der Waals surface area (Å²) in [7, 11) is -3.87. The Hall–Kier alpha value is -3.27. The number of cyclic esters (lactones) is 1. The molecule has 1 aromatic heterocycles. The van der Waals surface area contributed by atoms with Crippen LogP contribution >= 0.6 is 0 Å². The summed E-state index contributed by atoms with van der Waals surface area (Å²) in [6, 6.07) is 10.4. The number of nitrogens with zero attached hydrogens (tertiary/aromatic N) is 1. The number of benzene rings is 2. The second-order valence-corrected chi connectivity index (χ2v) is 7.27. The average Bonchev–Trinajstić information content (AvgIpc) is 3.19. The van der Waals surface area contributed by atoms with Crippen LogP contribution in [0.15, 0.2) is 56.6 Å². The van der Waals surface area contributed by atoms with Crippen LogP contribution in [-0.2, 0) is 14.8 Å². The van der Waals surface area contributed by atoms with E-state index in [2.05, 4.69) is 9.71 Å². The molecule has 1 amide bonds. The quantitative estimate of drug-likeness (QED) is 0.718. The van der Waals surface area contributed by atoms with Gasteiger partial charge in [-0.1, -0.05) is 0 Å². The lowest BCUT2D eigenvalue weighted by molar-refractivity contribution is 0.181. The van der Waals surface area contributed by atoms with Crippen molar-refractivity contribution in [3.63, 3.8) is 0 Å². The predicted octanol–water partition coefficient (Wildman–Crippen LogP) is 1.88. The first-order valence-electron chi connectivity index (χ1n) is 7.62. The maximum Gasteiger partial charge on any atom is 0.417 e. The number of fused-ring (bicyclic) bond motifs is 1. The molecule has 2 N–H and O–H groups in total. The lowest BCUT2D eigenvalue weighted by atomic mass is 10.2. The van der Waals surface area contributed by atoms with E-state index < -0.39 is 21.9 Å². The molecule has 1 aliphatic rings. The fraction of sp³-hybridized carbons (Fsp3) is 0.125. The minimum Gasteiger partial charge on any atom is -0.447 e. The van der Waals surface area contributed by atoms with Crippen molar-refractivity contribution in [1.82, 2.24) is 4.98 Å². The van der Waals surface area contributed by atoms with E-state index in [1.54, 1.807) is 24.3 Å². The van der Waals surface area contributed by atoms with Crippen molar-refractivity contribution in [1.29, 1.82) is 0 Å². The first-order chi connectivity index (χ1) is 12.4. The van der Waals surface area contributed by atoms with E-state index in [1.807, 2.05) is 0 Å². The standard InChI is InChI=1S/C16H13N3O6S/c20-15-17-13-6-5-12(9-14(13)25-15)26(22,23)18-10-1-3-11(4-2-10)19-7-8-24-16(19)21/h1-6,9,18H,7-8H2,(H,17,20). The molecule has 26 heavy (non-hydrogen) atoms. The van der Waals surface area contributed by atoms with Crippen LogP contribution in [0.25, 0.3) is 11.1 Å². The third-order valence-electron chi connectivity index (χ3n) is 3.89. The second kappa shape index (κ2) is 5.92. The molecule has 0 bridgehead atoms. The normalized spacial score (nSPS) is 14.6. The van der Waals surface area contributed by atoms with Crippen LogP contribution in [0.2, 0.25) is 0 Å². The Kier molecular flexibility index (Phi) is 3.69. The van der Waals surface area contributed by atoms with E-state index in [0.29, 0.717) is 30.0 Å². The van der Waals surface area contributed by atoms with E-state index in [9.17, 15) is 18.0 Å². The van der Waals surface area contributed by atoms with Crippen molar-refractivity contribution in [2.24, 2.45) is 0 Å². The lowest BCUT2D eigenvalue weighted by Gasteiger charge is -2.13. The zero-order chi connectivity index (χ0) is 18.3. The highest BCUT2D eigenvalue weighted by atomic mass is 32.2. The topological polar surface area (TPSA) is 122 Å². The molecule has 0 saturated carbocycles. The molecule has 1 aliphatic heterocycles. The van der Waals surface area contributed by atoms with Gasteiger partial charge in [-0.2, -0.15) is 0 Å². The van der Waals surface area contributed by atoms with Crippen LogP contribution < -0.4 is 15.4 Å². The molecule has 0 radical (unpaired) electrons. The van der Waals surface area contributed by atoms with Crippen molar-refractivity contribution in [2.45, 2.75) is 4.90 Å².